The summed E-state index contributed by atoms with van der Waals surface area (Å²) < 4.78 is 11.2. The summed E-state index contributed by atoms with van der Waals surface area (Å²) in [5.74, 6) is 1.94. The van der Waals surface area contributed by atoms with Crippen molar-refractivity contribution >= 4 is 5.91 Å². The Labute approximate surface area is 193 Å². The zero-order valence-corrected chi connectivity index (χ0v) is 20.4. The van der Waals surface area contributed by atoms with Crippen LogP contribution < -0.4 is 14.8 Å². The zero-order chi connectivity index (χ0) is 23.3. The maximum absolute atomic E-state index is 12.7. The van der Waals surface area contributed by atoms with E-state index in [2.05, 4.69) is 74.3 Å². The molecule has 1 N–H and O–H groups in total. The van der Waals surface area contributed by atoms with Gasteiger partial charge in [-0.25, -0.2) is 0 Å². The summed E-state index contributed by atoms with van der Waals surface area (Å²) in [7, 11) is 3.35. The van der Waals surface area contributed by atoms with Gasteiger partial charge in [0.05, 0.1) is 20.3 Å². The molecule has 0 spiro atoms. The molecule has 2 atom stereocenters. The second-order valence-electron chi connectivity index (χ2n) is 9.18. The third-order valence-electron chi connectivity index (χ3n) is 6.42. The van der Waals surface area contributed by atoms with Gasteiger partial charge >= 0.3 is 0 Å². The molecule has 0 saturated carbocycles. The van der Waals surface area contributed by atoms with Crippen molar-refractivity contribution in [3.05, 3.63) is 58.7 Å². The minimum absolute atomic E-state index is 0.0161. The topological polar surface area (TPSA) is 50.8 Å². The van der Waals surface area contributed by atoms with E-state index >= 15 is 0 Å². The number of benzene rings is 2. The molecule has 0 aliphatic carbocycles. The van der Waals surface area contributed by atoms with Gasteiger partial charge in [0.1, 0.15) is 0 Å². The summed E-state index contributed by atoms with van der Waals surface area (Å²) in [4.78, 5) is 15.3. The highest BCUT2D eigenvalue weighted by atomic mass is 16.5. The van der Waals surface area contributed by atoms with Crippen LogP contribution >= 0.6 is 0 Å². The molecule has 0 saturated heterocycles. The number of amides is 1. The van der Waals surface area contributed by atoms with Crippen molar-refractivity contribution in [1.82, 2.24) is 10.2 Å². The quantitative estimate of drug-likeness (QED) is 0.595. The predicted molar refractivity (Wildman–Crippen MR) is 129 cm³/mol. The summed E-state index contributed by atoms with van der Waals surface area (Å²) in [5.41, 5.74) is 5.11. The Morgan fingerprint density at radius 1 is 1.16 bits per heavy atom. The van der Waals surface area contributed by atoms with Crippen LogP contribution in [0, 0.1) is 12.8 Å². The Morgan fingerprint density at radius 3 is 2.47 bits per heavy atom. The smallest absolute Gasteiger partial charge is 0.220 e. The molecule has 174 valence electrons. The normalized spacial score (nSPS) is 17.0. The Hall–Kier alpha value is -2.53. The standard InChI is InChI=1S/C27H38N2O3/c1-7-23(28-26(30)14-18(2)3)27-22-16-25(32-6)24(31-5)15-20(22)12-13-29(27)17-21-11-9-8-10-19(21)4/h8-11,15-16,18,23,27H,7,12-14,17H2,1-6H3,(H,28,30). The van der Waals surface area contributed by atoms with E-state index in [0.29, 0.717) is 12.3 Å². The molecule has 5 nitrogen and oxygen atoms in total. The van der Waals surface area contributed by atoms with E-state index in [1.165, 1.54) is 22.3 Å². The number of methoxy groups -OCH3 is 2. The van der Waals surface area contributed by atoms with Crippen molar-refractivity contribution < 1.29 is 14.3 Å². The van der Waals surface area contributed by atoms with E-state index in [-0.39, 0.29) is 18.0 Å². The first-order chi connectivity index (χ1) is 15.4. The molecule has 5 heteroatoms. The fourth-order valence-electron chi connectivity index (χ4n) is 4.72. The molecule has 32 heavy (non-hydrogen) atoms. The first-order valence-corrected chi connectivity index (χ1v) is 11.7. The minimum Gasteiger partial charge on any atom is -0.493 e. The van der Waals surface area contributed by atoms with Gasteiger partial charge in [0.2, 0.25) is 5.91 Å². The summed E-state index contributed by atoms with van der Waals surface area (Å²) in [6.07, 6.45) is 2.33. The van der Waals surface area contributed by atoms with Crippen molar-refractivity contribution in [2.45, 2.75) is 65.6 Å². The lowest BCUT2D eigenvalue weighted by atomic mass is 9.86. The van der Waals surface area contributed by atoms with E-state index in [1.807, 2.05) is 0 Å². The lowest BCUT2D eigenvalue weighted by Crippen LogP contribution is -2.48. The summed E-state index contributed by atoms with van der Waals surface area (Å²) >= 11 is 0. The SMILES string of the molecule is CCC(NC(=O)CC(C)C)C1c2cc(OC)c(OC)cc2CCN1Cc1ccccc1C. The van der Waals surface area contributed by atoms with Crippen LogP contribution in [-0.4, -0.2) is 37.6 Å². The van der Waals surface area contributed by atoms with Crippen molar-refractivity contribution in [1.29, 1.82) is 0 Å². The van der Waals surface area contributed by atoms with Gasteiger partial charge in [0.15, 0.2) is 11.5 Å². The summed E-state index contributed by atoms with van der Waals surface area (Å²) in [6.45, 7) is 10.3. The fourth-order valence-corrected chi connectivity index (χ4v) is 4.72. The second kappa shape index (κ2) is 10.9. The van der Waals surface area contributed by atoms with Gasteiger partial charge in [-0.15, -0.1) is 0 Å². The third-order valence-corrected chi connectivity index (χ3v) is 6.42. The van der Waals surface area contributed by atoms with Gasteiger partial charge in [-0.05, 0) is 60.1 Å². The Morgan fingerprint density at radius 2 is 1.84 bits per heavy atom. The van der Waals surface area contributed by atoms with Crippen LogP contribution in [0.1, 0.15) is 61.9 Å². The monoisotopic (exact) mass is 438 g/mol. The van der Waals surface area contributed by atoms with Crippen LogP contribution in [-0.2, 0) is 17.8 Å². The Kier molecular flexibility index (Phi) is 8.19. The second-order valence-corrected chi connectivity index (χ2v) is 9.18. The van der Waals surface area contributed by atoms with Gasteiger partial charge in [0.25, 0.3) is 0 Å². The maximum atomic E-state index is 12.7. The Balaban J connectivity index is 2.02. The molecular formula is C27H38N2O3. The molecule has 3 rings (SSSR count). The van der Waals surface area contributed by atoms with Crippen LogP contribution in [0.25, 0.3) is 0 Å². The molecule has 2 aromatic carbocycles. The molecule has 1 aliphatic heterocycles. The summed E-state index contributed by atoms with van der Waals surface area (Å²) in [6, 6.07) is 12.9. The number of nitrogens with zero attached hydrogens (tertiary/aromatic N) is 1. The molecule has 0 fully saturated rings. The zero-order valence-electron chi connectivity index (χ0n) is 20.4. The van der Waals surface area contributed by atoms with Crippen molar-refractivity contribution in [2.75, 3.05) is 20.8 Å². The lowest BCUT2D eigenvalue weighted by molar-refractivity contribution is -0.123. The van der Waals surface area contributed by atoms with Gasteiger partial charge < -0.3 is 14.8 Å². The van der Waals surface area contributed by atoms with Gasteiger partial charge in [-0.1, -0.05) is 45.0 Å². The summed E-state index contributed by atoms with van der Waals surface area (Å²) in [5, 5.41) is 3.35. The molecule has 1 amide bonds. The average molecular weight is 439 g/mol. The van der Waals surface area contributed by atoms with Gasteiger partial charge in [-0.3, -0.25) is 9.69 Å². The lowest BCUT2D eigenvalue weighted by Gasteiger charge is -2.42. The van der Waals surface area contributed by atoms with Crippen molar-refractivity contribution in [2.24, 2.45) is 5.92 Å². The van der Waals surface area contributed by atoms with Crippen LogP contribution in [0.15, 0.2) is 36.4 Å². The molecule has 0 radical (unpaired) electrons. The largest absolute Gasteiger partial charge is 0.493 e. The van der Waals surface area contributed by atoms with Crippen molar-refractivity contribution in [3.63, 3.8) is 0 Å². The molecular weight excluding hydrogens is 400 g/mol. The molecule has 0 aromatic heterocycles. The highest BCUT2D eigenvalue weighted by Gasteiger charge is 2.35. The first-order valence-electron chi connectivity index (χ1n) is 11.7. The molecule has 1 aliphatic rings. The van der Waals surface area contributed by atoms with Crippen LogP contribution in [0.5, 0.6) is 11.5 Å². The highest BCUT2D eigenvalue weighted by Crippen LogP contribution is 2.40. The van der Waals surface area contributed by atoms with Gasteiger partial charge in [-0.2, -0.15) is 0 Å². The molecule has 2 unspecified atom stereocenters. The Bertz CT molecular complexity index is 925. The van der Waals surface area contributed by atoms with E-state index < -0.39 is 0 Å². The number of carbonyl (C=O) groups is 1. The average Bonchev–Trinajstić information content (AvgIpc) is 2.77. The molecule has 1 heterocycles. The predicted octanol–water partition coefficient (Wildman–Crippen LogP) is 5.05. The number of hydrogen-bond acceptors (Lipinski definition) is 4. The maximum Gasteiger partial charge on any atom is 0.220 e. The number of hydrogen-bond donors (Lipinski definition) is 1. The van der Waals surface area contributed by atoms with Gasteiger partial charge in [0, 0.05) is 25.6 Å². The van der Waals surface area contributed by atoms with E-state index in [0.717, 1.165) is 37.4 Å². The number of aryl methyl sites for hydroxylation is 1. The first kappa shape index (κ1) is 24.1. The number of carbonyl (C=O) groups excluding carboxylic acids is 1. The highest BCUT2D eigenvalue weighted by molar-refractivity contribution is 5.76. The van der Waals surface area contributed by atoms with E-state index in [4.69, 9.17) is 9.47 Å². The molecule has 0 bridgehead atoms. The third kappa shape index (κ3) is 5.44. The van der Waals surface area contributed by atoms with Crippen LogP contribution in [0.4, 0.5) is 0 Å². The number of rotatable bonds is 9. The number of nitrogens with one attached hydrogen (secondary N) is 1. The van der Waals surface area contributed by atoms with Crippen LogP contribution in [0.3, 0.4) is 0 Å². The van der Waals surface area contributed by atoms with Crippen LogP contribution in [0.2, 0.25) is 0 Å². The number of ether oxygens (including phenoxy) is 2. The fraction of sp³-hybridized carbons (Fsp3) is 0.519. The minimum atomic E-state index is 0.0161. The van der Waals surface area contributed by atoms with E-state index in [9.17, 15) is 4.79 Å². The van der Waals surface area contributed by atoms with Crippen molar-refractivity contribution in [3.8, 4) is 11.5 Å². The van der Waals surface area contributed by atoms with E-state index in [1.54, 1.807) is 14.2 Å². The number of fused-ring (bicyclic) bond motifs is 1. The molecule has 2 aromatic rings.